The molecule has 16 N–H and O–H groups in total. The quantitative estimate of drug-likeness (QED) is 0.0164. The number of ether oxygens (including phenoxy) is 1. The minimum Gasteiger partial charge on any atom is -0.508 e. The number of carbonyl (C=O) groups excluding carboxylic acids is 8. The third-order valence-electron chi connectivity index (χ3n) is 13.9. The SMILES string of the molecule is CCC(=O)NCCNC(=O)NC(N)=NCCC[C@@H](NC(=O)C(c1ccccc1)c1cccc(OCCCCNC(=O)CNC(=O)[C@@H](CC(N)=O)NC(=O)CN2CCN(CC(=O)O)CCN(CC(=O)O)CCN(CC(=O)O)CC2)c1)C(=O)NCc1ccc(O)cc1. The standard InChI is InChI=1S/C59H85N15O16/c1-2-48(77)63-21-22-65-59(89)70-58(61)64-20-9-14-45(55(86)66-34-40-15-17-43(75)18-16-40)69-57(88)54(41-10-4-3-5-11-41)42-12-8-13-44(32-42)90-31-7-6-19-62-49(78)35-67-56(87)46(33-47(60)76)68-50(79)36-71-23-25-72(37-51(80)81)27-29-74(39-53(84)85)30-28-73(26-24-71)38-52(82)83/h3-5,8,10-13,15-18,32,45-46,54,75H,2,6-7,9,14,19-31,33-39H2,1H3,(H2,60,76)(H,62,78)(H,63,77)(H,66,86)(H,67,87)(H,68,79)(H,69,88)(H,80,81)(H,82,83)(H,84,85)(H4,61,64,65,70,89)/t45-,46-,54?/m1/s1. The molecule has 3 aromatic rings. The molecule has 1 heterocycles. The van der Waals surface area contributed by atoms with Gasteiger partial charge in [-0.15, -0.1) is 0 Å². The molecule has 9 amide bonds. The van der Waals surface area contributed by atoms with Gasteiger partial charge in [0.25, 0.3) is 0 Å². The zero-order valence-electron chi connectivity index (χ0n) is 50.5. The lowest BCUT2D eigenvalue weighted by Gasteiger charge is -2.33. The first-order valence-corrected chi connectivity index (χ1v) is 29.5. The number of urea groups is 1. The predicted molar refractivity (Wildman–Crippen MR) is 327 cm³/mol. The molecule has 1 aliphatic rings. The van der Waals surface area contributed by atoms with Crippen molar-refractivity contribution < 1.29 is 77.9 Å². The Balaban J connectivity index is 1.31. The third kappa shape index (κ3) is 30.0. The first kappa shape index (κ1) is 73.0. The molecule has 0 saturated carbocycles. The molecule has 0 aliphatic carbocycles. The molecule has 31 heteroatoms. The Kier molecular flexibility index (Phi) is 32.6. The second-order valence-electron chi connectivity index (χ2n) is 21.1. The Morgan fingerprint density at radius 1 is 0.567 bits per heavy atom. The summed E-state index contributed by atoms with van der Waals surface area (Å²) in [5.74, 6) is -8.18. The van der Waals surface area contributed by atoms with Crippen molar-refractivity contribution >= 4 is 71.2 Å². The van der Waals surface area contributed by atoms with Gasteiger partial charge in [-0.3, -0.25) is 77.9 Å². The van der Waals surface area contributed by atoms with Crippen molar-refractivity contribution in [2.45, 2.75) is 70.0 Å². The van der Waals surface area contributed by atoms with E-state index in [9.17, 15) is 73.2 Å². The summed E-state index contributed by atoms with van der Waals surface area (Å²) < 4.78 is 6.08. The Bertz CT molecular complexity index is 2850. The molecule has 0 bridgehead atoms. The number of aromatic hydroxyl groups is 1. The number of carbonyl (C=O) groups is 11. The van der Waals surface area contributed by atoms with E-state index in [1.165, 1.54) is 12.1 Å². The van der Waals surface area contributed by atoms with E-state index in [0.717, 1.165) is 0 Å². The van der Waals surface area contributed by atoms with Crippen LogP contribution in [-0.4, -0.2) is 241 Å². The van der Waals surface area contributed by atoms with Crippen LogP contribution in [0.3, 0.4) is 0 Å². The Labute approximate surface area is 521 Å². The van der Waals surface area contributed by atoms with E-state index in [1.54, 1.807) is 93.3 Å². The fourth-order valence-corrected chi connectivity index (χ4v) is 9.21. The highest BCUT2D eigenvalue weighted by atomic mass is 16.5. The van der Waals surface area contributed by atoms with Gasteiger partial charge in [0.1, 0.15) is 23.6 Å². The highest BCUT2D eigenvalue weighted by Crippen LogP contribution is 2.28. The second-order valence-corrected chi connectivity index (χ2v) is 21.1. The van der Waals surface area contributed by atoms with Gasteiger partial charge in [0.2, 0.25) is 41.4 Å². The molecule has 492 valence electrons. The fraction of sp³-hybridized carbons (Fsp3) is 0.492. The largest absolute Gasteiger partial charge is 0.508 e. The van der Waals surface area contributed by atoms with Crippen molar-refractivity contribution in [2.24, 2.45) is 16.5 Å². The minimum absolute atomic E-state index is 0.0547. The van der Waals surface area contributed by atoms with Gasteiger partial charge >= 0.3 is 23.9 Å². The molecule has 0 aromatic heterocycles. The van der Waals surface area contributed by atoms with Gasteiger partial charge in [-0.25, -0.2) is 4.79 Å². The molecule has 0 radical (unpaired) electrons. The smallest absolute Gasteiger partial charge is 0.321 e. The lowest BCUT2D eigenvalue weighted by atomic mass is 9.90. The molecule has 3 atom stereocenters. The zero-order valence-corrected chi connectivity index (χ0v) is 50.5. The highest BCUT2D eigenvalue weighted by Gasteiger charge is 2.30. The van der Waals surface area contributed by atoms with E-state index in [4.69, 9.17) is 16.2 Å². The Hall–Kier alpha value is -9.46. The van der Waals surface area contributed by atoms with Gasteiger partial charge in [-0.2, -0.15) is 0 Å². The number of phenols is 1. The maximum absolute atomic E-state index is 14.5. The number of phenolic OH excluding ortho intramolecular Hbond substituents is 1. The van der Waals surface area contributed by atoms with E-state index in [1.807, 2.05) is 0 Å². The van der Waals surface area contributed by atoms with Crippen LogP contribution in [0, 0.1) is 0 Å². The first-order valence-electron chi connectivity index (χ1n) is 29.5. The van der Waals surface area contributed by atoms with Gasteiger partial charge in [0.15, 0.2) is 5.96 Å². The first-order chi connectivity index (χ1) is 43.1. The zero-order chi connectivity index (χ0) is 65.8. The van der Waals surface area contributed by atoms with Gasteiger partial charge in [0.05, 0.1) is 51.7 Å². The molecule has 0 spiro atoms. The highest BCUT2D eigenvalue weighted by molar-refractivity contribution is 5.96. The summed E-state index contributed by atoms with van der Waals surface area (Å²) in [4.78, 5) is 149. The summed E-state index contributed by atoms with van der Waals surface area (Å²) in [6.07, 6.45) is 0.980. The number of nitrogens with zero attached hydrogens (tertiary/aromatic N) is 5. The van der Waals surface area contributed by atoms with E-state index in [-0.39, 0.29) is 148 Å². The average Bonchev–Trinajstić information content (AvgIpc) is 0.942. The van der Waals surface area contributed by atoms with Crippen molar-refractivity contribution in [1.29, 1.82) is 0 Å². The Morgan fingerprint density at radius 3 is 1.70 bits per heavy atom. The number of benzene rings is 3. The van der Waals surface area contributed by atoms with Crippen molar-refractivity contribution in [3.63, 3.8) is 0 Å². The number of unbranched alkanes of at least 4 members (excludes halogenated alkanes) is 1. The molecular weight excluding hydrogens is 1170 g/mol. The van der Waals surface area contributed by atoms with Gasteiger partial charge in [-0.05, 0) is 66.6 Å². The Morgan fingerprint density at radius 2 is 1.12 bits per heavy atom. The fourth-order valence-electron chi connectivity index (χ4n) is 9.21. The van der Waals surface area contributed by atoms with Crippen LogP contribution < -0.4 is 58.7 Å². The number of guanidine groups is 1. The number of rotatable bonds is 35. The molecule has 31 nitrogen and oxygen atoms in total. The van der Waals surface area contributed by atoms with Crippen LogP contribution >= 0.6 is 0 Å². The lowest BCUT2D eigenvalue weighted by Crippen LogP contribution is -2.53. The van der Waals surface area contributed by atoms with Crippen LogP contribution in [0.1, 0.15) is 68.1 Å². The maximum Gasteiger partial charge on any atom is 0.321 e. The number of carboxylic acid groups (broad SMARTS) is 3. The monoisotopic (exact) mass is 1260 g/mol. The van der Waals surface area contributed by atoms with Crippen LogP contribution in [0.15, 0.2) is 83.9 Å². The molecule has 3 aromatic carbocycles. The second kappa shape index (κ2) is 40.2. The number of nitrogens with one attached hydrogen (secondary N) is 8. The number of aliphatic carboxylic acids is 3. The summed E-state index contributed by atoms with van der Waals surface area (Å²) in [5.41, 5.74) is 13.2. The average molecular weight is 1260 g/mol. The number of hydrogen-bond acceptors (Lipinski definition) is 18. The predicted octanol–water partition coefficient (Wildman–Crippen LogP) is -2.53. The third-order valence-corrected chi connectivity index (χ3v) is 13.9. The molecule has 1 aliphatic heterocycles. The summed E-state index contributed by atoms with van der Waals surface area (Å²) in [6.45, 7) is 1.86. The topological polar surface area (TPSA) is 452 Å². The van der Waals surface area contributed by atoms with E-state index >= 15 is 0 Å². The normalized spacial score (nSPS) is 14.7. The van der Waals surface area contributed by atoms with Crippen LogP contribution in [0.4, 0.5) is 4.79 Å². The minimum atomic E-state index is -1.48. The van der Waals surface area contributed by atoms with Gasteiger partial charge in [-0.1, -0.05) is 61.5 Å². The van der Waals surface area contributed by atoms with E-state index in [2.05, 4.69) is 47.5 Å². The maximum atomic E-state index is 14.5. The summed E-state index contributed by atoms with van der Waals surface area (Å²) in [6, 6.07) is 19.0. The number of primary amides is 1. The van der Waals surface area contributed by atoms with Crippen LogP contribution in [0.2, 0.25) is 0 Å². The lowest BCUT2D eigenvalue weighted by molar-refractivity contribution is -0.140. The van der Waals surface area contributed by atoms with E-state index < -0.39 is 90.3 Å². The molecule has 1 saturated heterocycles. The van der Waals surface area contributed by atoms with Crippen molar-refractivity contribution in [3.8, 4) is 11.5 Å². The van der Waals surface area contributed by atoms with Crippen LogP contribution in [0.25, 0.3) is 0 Å². The van der Waals surface area contributed by atoms with Crippen molar-refractivity contribution in [2.75, 3.05) is 118 Å². The van der Waals surface area contributed by atoms with Crippen LogP contribution in [-0.2, 0) is 54.5 Å². The van der Waals surface area contributed by atoms with Crippen molar-refractivity contribution in [1.82, 2.24) is 62.1 Å². The molecule has 90 heavy (non-hydrogen) atoms. The number of nitrogens with two attached hydrogens (primary N) is 2. The number of carboxylic acids is 3. The molecule has 4 rings (SSSR count). The van der Waals surface area contributed by atoms with Gasteiger partial charge in [0, 0.05) is 91.5 Å². The molecule has 1 unspecified atom stereocenters. The van der Waals surface area contributed by atoms with Crippen LogP contribution in [0.5, 0.6) is 11.5 Å². The summed E-state index contributed by atoms with van der Waals surface area (Å²) >= 11 is 0. The van der Waals surface area contributed by atoms with Gasteiger partial charge < -0.3 is 73.8 Å². The van der Waals surface area contributed by atoms with Crippen molar-refractivity contribution in [3.05, 3.63) is 95.6 Å². The summed E-state index contributed by atoms with van der Waals surface area (Å²) in [5, 5.41) is 59.2. The summed E-state index contributed by atoms with van der Waals surface area (Å²) in [7, 11) is 0. The molecule has 1 fully saturated rings. The van der Waals surface area contributed by atoms with E-state index in [0.29, 0.717) is 41.7 Å². The molecular formula is C59H85N15O16. The number of hydrogen-bond donors (Lipinski definition) is 14. The number of aliphatic imine (C=N–C) groups is 1. The number of amides is 9.